The number of allylic oxidation sites excluding steroid dienone is 2. The lowest BCUT2D eigenvalue weighted by Crippen LogP contribution is -2.57. The number of hydrogen-bond acceptors (Lipinski definition) is 5. The summed E-state index contributed by atoms with van der Waals surface area (Å²) in [5.41, 5.74) is 2.27. The summed E-state index contributed by atoms with van der Waals surface area (Å²) in [6, 6.07) is 9.92. The number of cyclic esters (lactones) is 1. The van der Waals surface area contributed by atoms with E-state index >= 15 is 0 Å². The molecule has 2 aliphatic carbocycles. The average Bonchev–Trinajstić information content (AvgIpc) is 3.14. The predicted octanol–water partition coefficient (Wildman–Crippen LogP) is 4.19. The van der Waals surface area contributed by atoms with Crippen LogP contribution in [-0.4, -0.2) is 41.6 Å². The molecule has 3 aliphatic rings. The van der Waals surface area contributed by atoms with Crippen LogP contribution in [-0.2, 0) is 20.9 Å². The van der Waals surface area contributed by atoms with E-state index < -0.39 is 11.5 Å². The number of esters is 1. The Hall–Kier alpha value is -1.95. The summed E-state index contributed by atoms with van der Waals surface area (Å²) in [6.07, 6.45) is 5.22. The van der Waals surface area contributed by atoms with Gasteiger partial charge in [0, 0.05) is 5.41 Å². The molecule has 0 bridgehead atoms. The Bertz CT molecular complexity index is 877. The van der Waals surface area contributed by atoms with E-state index in [0.29, 0.717) is 25.0 Å². The normalized spacial score (nSPS) is 38.6. The lowest BCUT2D eigenvalue weighted by molar-refractivity contribution is -0.151. The van der Waals surface area contributed by atoms with Gasteiger partial charge in [0.2, 0.25) is 0 Å². The monoisotopic (exact) mass is 440 g/mol. The van der Waals surface area contributed by atoms with Gasteiger partial charge in [-0.1, -0.05) is 62.4 Å². The van der Waals surface area contributed by atoms with Gasteiger partial charge in [-0.05, 0) is 54.9 Å². The number of rotatable bonds is 6. The number of hydrogen-bond donors (Lipinski definition) is 2. The zero-order valence-electron chi connectivity index (χ0n) is 19.3. The van der Waals surface area contributed by atoms with Gasteiger partial charge in [-0.3, -0.25) is 0 Å². The van der Waals surface area contributed by atoms with Crippen LogP contribution < -0.4 is 0 Å². The van der Waals surface area contributed by atoms with Crippen molar-refractivity contribution in [2.45, 2.75) is 64.8 Å². The molecule has 174 valence electrons. The standard InChI is InChI=1S/C27H36O5/c1-18-9-12-23-26(2,14-13-24(29)27(23,3)17-28)21(18)11-10-20-22(16-32-25(20)30)31-15-19-7-5-4-6-8-19/h4-8,10,21-24,28-29H,1,9,11-17H2,2-3H3/b20-10-/t21-,22?,23?,24-,26+,27+/m1/s1. The Labute approximate surface area is 191 Å². The van der Waals surface area contributed by atoms with E-state index in [1.54, 1.807) is 0 Å². The second-order valence-electron chi connectivity index (χ2n) is 10.3. The molecular formula is C27H36O5. The maximum atomic E-state index is 12.4. The van der Waals surface area contributed by atoms with Gasteiger partial charge in [0.15, 0.2) is 0 Å². The molecule has 1 saturated heterocycles. The Balaban J connectivity index is 1.52. The minimum Gasteiger partial charge on any atom is -0.459 e. The highest BCUT2D eigenvalue weighted by Gasteiger charge is 2.57. The van der Waals surface area contributed by atoms with Gasteiger partial charge in [-0.15, -0.1) is 0 Å². The SMILES string of the molecule is C=C1CCC2[C@](C)(CO)[C@H](O)CC[C@@]2(C)[C@@H]1C/C=C1\C(=O)OCC1OCc1ccccc1. The fraction of sp³-hybridized carbons (Fsp3) is 0.593. The maximum Gasteiger partial charge on any atom is 0.336 e. The topological polar surface area (TPSA) is 76.0 Å². The number of aliphatic hydroxyl groups excluding tert-OH is 2. The van der Waals surface area contributed by atoms with Crippen molar-refractivity contribution in [2.75, 3.05) is 13.2 Å². The first-order chi connectivity index (χ1) is 15.3. The third kappa shape index (κ3) is 4.07. The quantitative estimate of drug-likeness (QED) is 0.394. The number of aliphatic hydroxyl groups is 2. The van der Waals surface area contributed by atoms with Crippen LogP contribution in [0, 0.1) is 22.7 Å². The highest BCUT2D eigenvalue weighted by atomic mass is 16.6. The molecule has 0 radical (unpaired) electrons. The minimum atomic E-state index is -0.507. The van der Waals surface area contributed by atoms with Gasteiger partial charge in [0.05, 0.1) is 24.9 Å². The number of fused-ring (bicyclic) bond motifs is 1. The molecule has 1 aromatic carbocycles. The fourth-order valence-corrected chi connectivity index (χ4v) is 6.46. The largest absolute Gasteiger partial charge is 0.459 e. The molecule has 32 heavy (non-hydrogen) atoms. The third-order valence-electron chi connectivity index (χ3n) is 8.51. The van der Waals surface area contributed by atoms with E-state index in [0.717, 1.165) is 24.8 Å². The lowest BCUT2D eigenvalue weighted by Gasteiger charge is -2.59. The van der Waals surface area contributed by atoms with Gasteiger partial charge in [0.25, 0.3) is 0 Å². The van der Waals surface area contributed by atoms with Crippen molar-refractivity contribution in [1.29, 1.82) is 0 Å². The maximum absolute atomic E-state index is 12.4. The van der Waals surface area contributed by atoms with Crippen molar-refractivity contribution >= 4 is 5.97 Å². The molecule has 5 heteroatoms. The Kier molecular flexibility index (Phi) is 6.62. The summed E-state index contributed by atoms with van der Waals surface area (Å²) < 4.78 is 11.3. The zero-order valence-corrected chi connectivity index (χ0v) is 19.3. The van der Waals surface area contributed by atoms with E-state index in [4.69, 9.17) is 9.47 Å². The number of benzene rings is 1. The van der Waals surface area contributed by atoms with Crippen LogP contribution in [0.4, 0.5) is 0 Å². The van der Waals surface area contributed by atoms with Gasteiger partial charge in [-0.2, -0.15) is 0 Å². The summed E-state index contributed by atoms with van der Waals surface area (Å²) in [4.78, 5) is 12.4. The molecule has 3 fully saturated rings. The molecule has 0 spiro atoms. The summed E-state index contributed by atoms with van der Waals surface area (Å²) >= 11 is 0. The van der Waals surface area contributed by atoms with Crippen molar-refractivity contribution in [3.8, 4) is 0 Å². The van der Waals surface area contributed by atoms with Crippen molar-refractivity contribution in [2.24, 2.45) is 22.7 Å². The summed E-state index contributed by atoms with van der Waals surface area (Å²) in [6.45, 7) is 9.34. The molecule has 1 aromatic rings. The summed E-state index contributed by atoms with van der Waals surface area (Å²) in [5.74, 6) is 0.0963. The van der Waals surface area contributed by atoms with Crippen LogP contribution >= 0.6 is 0 Å². The first-order valence-electron chi connectivity index (χ1n) is 11.8. The van der Waals surface area contributed by atoms with Crippen LogP contribution in [0.15, 0.2) is 54.1 Å². The van der Waals surface area contributed by atoms with Crippen LogP contribution in [0.3, 0.4) is 0 Å². The Morgan fingerprint density at radius 2 is 2.00 bits per heavy atom. The molecule has 2 N–H and O–H groups in total. The number of ether oxygens (including phenoxy) is 2. The van der Waals surface area contributed by atoms with Gasteiger partial charge >= 0.3 is 5.97 Å². The van der Waals surface area contributed by atoms with Gasteiger partial charge < -0.3 is 19.7 Å². The third-order valence-corrected chi connectivity index (χ3v) is 8.51. The van der Waals surface area contributed by atoms with E-state index in [-0.39, 0.29) is 42.5 Å². The zero-order chi connectivity index (χ0) is 22.9. The smallest absolute Gasteiger partial charge is 0.336 e. The molecule has 1 heterocycles. The molecule has 6 atom stereocenters. The first-order valence-corrected chi connectivity index (χ1v) is 11.8. The molecule has 1 aliphatic heterocycles. The summed E-state index contributed by atoms with van der Waals surface area (Å²) in [5, 5.41) is 20.9. The molecule has 4 rings (SSSR count). The van der Waals surface area contributed by atoms with Crippen LogP contribution in [0.1, 0.15) is 51.5 Å². The van der Waals surface area contributed by atoms with Crippen molar-refractivity contribution < 1.29 is 24.5 Å². The Morgan fingerprint density at radius 1 is 1.25 bits per heavy atom. The van der Waals surface area contributed by atoms with Crippen molar-refractivity contribution in [1.82, 2.24) is 0 Å². The van der Waals surface area contributed by atoms with Crippen LogP contribution in [0.5, 0.6) is 0 Å². The predicted molar refractivity (Wildman–Crippen MR) is 123 cm³/mol. The van der Waals surface area contributed by atoms with E-state index in [1.807, 2.05) is 43.3 Å². The van der Waals surface area contributed by atoms with E-state index in [9.17, 15) is 15.0 Å². The first kappa shape index (κ1) is 23.2. The van der Waals surface area contributed by atoms with Crippen LogP contribution in [0.2, 0.25) is 0 Å². The Morgan fingerprint density at radius 3 is 2.72 bits per heavy atom. The molecule has 0 amide bonds. The lowest BCUT2D eigenvalue weighted by atomic mass is 9.46. The molecule has 5 nitrogen and oxygen atoms in total. The molecular weight excluding hydrogens is 404 g/mol. The van der Waals surface area contributed by atoms with Gasteiger partial charge in [0.1, 0.15) is 12.7 Å². The van der Waals surface area contributed by atoms with Crippen LogP contribution in [0.25, 0.3) is 0 Å². The second kappa shape index (κ2) is 9.12. The average molecular weight is 441 g/mol. The van der Waals surface area contributed by atoms with E-state index in [1.165, 1.54) is 5.57 Å². The van der Waals surface area contributed by atoms with Crippen molar-refractivity contribution in [3.05, 3.63) is 59.7 Å². The molecule has 0 aromatic heterocycles. The van der Waals surface area contributed by atoms with Gasteiger partial charge in [-0.25, -0.2) is 4.79 Å². The highest BCUT2D eigenvalue weighted by Crippen LogP contribution is 2.61. The number of carbonyl (C=O) groups is 1. The van der Waals surface area contributed by atoms with E-state index in [2.05, 4.69) is 13.5 Å². The number of carbonyl (C=O) groups excluding carboxylic acids is 1. The second-order valence-corrected chi connectivity index (χ2v) is 10.3. The molecule has 2 unspecified atom stereocenters. The minimum absolute atomic E-state index is 0.0174. The molecule has 2 saturated carbocycles. The highest BCUT2D eigenvalue weighted by molar-refractivity contribution is 5.91. The summed E-state index contributed by atoms with van der Waals surface area (Å²) in [7, 11) is 0. The van der Waals surface area contributed by atoms with Crippen molar-refractivity contribution in [3.63, 3.8) is 0 Å². The fourth-order valence-electron chi connectivity index (χ4n) is 6.46.